The highest BCUT2D eigenvalue weighted by molar-refractivity contribution is 6.36. The number of anilines is 1. The highest BCUT2D eigenvalue weighted by Gasteiger charge is 2.29. The normalized spacial score (nSPS) is 14.8. The number of hydrogen-bond acceptors (Lipinski definition) is 3. The first kappa shape index (κ1) is 11.7. The van der Waals surface area contributed by atoms with Gasteiger partial charge in [0.1, 0.15) is 16.1 Å². The summed E-state index contributed by atoms with van der Waals surface area (Å²) in [5, 5.41) is 4.93. The molecule has 2 aromatic heterocycles. The topological polar surface area (TPSA) is 54.9 Å². The summed E-state index contributed by atoms with van der Waals surface area (Å²) in [6, 6.07) is 3.44. The molecule has 6 heteroatoms. The Kier molecular flexibility index (Phi) is 2.84. The second kappa shape index (κ2) is 4.37. The van der Waals surface area contributed by atoms with Crippen LogP contribution in [0, 0.1) is 5.92 Å². The van der Waals surface area contributed by atoms with Crippen molar-refractivity contribution < 1.29 is 4.79 Å². The molecule has 3 rings (SSSR count). The van der Waals surface area contributed by atoms with Crippen molar-refractivity contribution >= 4 is 45.7 Å². The van der Waals surface area contributed by atoms with E-state index in [0.717, 1.165) is 18.2 Å². The van der Waals surface area contributed by atoms with Gasteiger partial charge in [0.15, 0.2) is 0 Å². The number of halogens is 2. The zero-order valence-electron chi connectivity index (χ0n) is 9.28. The Labute approximate surface area is 113 Å². The zero-order valence-corrected chi connectivity index (χ0v) is 10.8. The molecule has 4 nitrogen and oxygen atoms in total. The average molecular weight is 282 g/mol. The van der Waals surface area contributed by atoms with Crippen LogP contribution >= 0.6 is 23.2 Å². The summed E-state index contributed by atoms with van der Waals surface area (Å²) < 4.78 is 0. The number of nitrogens with zero attached hydrogens (tertiary/aromatic N) is 2. The third kappa shape index (κ3) is 2.26. The number of carbonyl (C=O) groups is 1. The lowest BCUT2D eigenvalue weighted by molar-refractivity contribution is -0.117. The van der Waals surface area contributed by atoms with Crippen molar-refractivity contribution in [2.75, 3.05) is 5.32 Å². The Bertz CT molecular complexity index is 641. The molecule has 1 fully saturated rings. The number of aromatic nitrogens is 2. The fraction of sp³-hybridized carbons (Fsp3) is 0.250. The maximum atomic E-state index is 11.6. The van der Waals surface area contributed by atoms with Gasteiger partial charge in [-0.05, 0) is 30.4 Å². The highest BCUT2D eigenvalue weighted by atomic mass is 35.5. The second-order valence-corrected chi connectivity index (χ2v) is 5.04. The van der Waals surface area contributed by atoms with Gasteiger partial charge in [0.2, 0.25) is 5.91 Å². The van der Waals surface area contributed by atoms with E-state index in [-0.39, 0.29) is 11.8 Å². The molecule has 1 N–H and O–H groups in total. The molecule has 1 aliphatic rings. The van der Waals surface area contributed by atoms with Crippen LogP contribution in [-0.4, -0.2) is 15.9 Å². The van der Waals surface area contributed by atoms with Crippen molar-refractivity contribution in [1.82, 2.24) is 9.97 Å². The van der Waals surface area contributed by atoms with E-state index in [1.807, 2.05) is 0 Å². The molecule has 0 aliphatic heterocycles. The van der Waals surface area contributed by atoms with Gasteiger partial charge in [-0.1, -0.05) is 23.2 Å². The van der Waals surface area contributed by atoms with Gasteiger partial charge in [-0.15, -0.1) is 0 Å². The number of rotatable bonds is 2. The number of pyridine rings is 2. The van der Waals surface area contributed by atoms with Crippen LogP contribution in [0.5, 0.6) is 0 Å². The van der Waals surface area contributed by atoms with Crippen molar-refractivity contribution in [2.24, 2.45) is 5.92 Å². The first-order valence-electron chi connectivity index (χ1n) is 5.56. The lowest BCUT2D eigenvalue weighted by Gasteiger charge is -2.05. The molecular formula is C12H9Cl2N3O. The monoisotopic (exact) mass is 281 g/mol. The molecule has 0 radical (unpaired) electrons. The first-order valence-corrected chi connectivity index (χ1v) is 6.32. The fourth-order valence-electron chi connectivity index (χ4n) is 1.72. The molecule has 0 unspecified atom stereocenters. The number of carbonyl (C=O) groups excluding carboxylic acids is 1. The van der Waals surface area contributed by atoms with Gasteiger partial charge in [0.05, 0.1) is 0 Å². The predicted octanol–water partition coefficient (Wildman–Crippen LogP) is 3.29. The van der Waals surface area contributed by atoms with Crippen LogP contribution in [-0.2, 0) is 4.79 Å². The summed E-state index contributed by atoms with van der Waals surface area (Å²) in [5.41, 5.74) is 0. The molecule has 18 heavy (non-hydrogen) atoms. The maximum Gasteiger partial charge on any atom is 0.228 e. The Morgan fingerprint density at radius 2 is 2.11 bits per heavy atom. The Morgan fingerprint density at radius 3 is 2.83 bits per heavy atom. The van der Waals surface area contributed by atoms with E-state index in [2.05, 4.69) is 15.3 Å². The first-order chi connectivity index (χ1) is 8.63. The molecule has 0 saturated heterocycles. The predicted molar refractivity (Wildman–Crippen MR) is 70.9 cm³/mol. The summed E-state index contributed by atoms with van der Waals surface area (Å²) >= 11 is 11.8. The molecule has 92 valence electrons. The maximum absolute atomic E-state index is 11.6. The average Bonchev–Trinajstić information content (AvgIpc) is 3.11. The van der Waals surface area contributed by atoms with Gasteiger partial charge in [-0.3, -0.25) is 4.79 Å². The van der Waals surface area contributed by atoms with Crippen LogP contribution in [0.4, 0.5) is 5.82 Å². The van der Waals surface area contributed by atoms with E-state index < -0.39 is 0 Å². The van der Waals surface area contributed by atoms with Crippen LogP contribution in [0.2, 0.25) is 10.3 Å². The van der Waals surface area contributed by atoms with E-state index in [4.69, 9.17) is 23.2 Å². The SMILES string of the molecule is O=C(Nc1cc2cc(Cl)nc(Cl)c2cn1)C1CC1. The highest BCUT2D eigenvalue weighted by Crippen LogP contribution is 2.31. The lowest BCUT2D eigenvalue weighted by Crippen LogP contribution is -2.14. The summed E-state index contributed by atoms with van der Waals surface area (Å²) in [6.07, 6.45) is 3.51. The minimum Gasteiger partial charge on any atom is -0.310 e. The van der Waals surface area contributed by atoms with Gasteiger partial charge >= 0.3 is 0 Å². The molecule has 0 bridgehead atoms. The standard InChI is InChI=1S/C12H9Cl2N3O/c13-9-3-7-4-10(17-12(18)6-1-2-6)15-5-8(7)11(14)16-9/h3-6H,1-2H2,(H,15,17,18). The Balaban J connectivity index is 1.97. The van der Waals surface area contributed by atoms with E-state index >= 15 is 0 Å². The van der Waals surface area contributed by atoms with Crippen LogP contribution in [0.1, 0.15) is 12.8 Å². The number of amides is 1. The van der Waals surface area contributed by atoms with Gasteiger partial charge in [-0.25, -0.2) is 9.97 Å². The van der Waals surface area contributed by atoms with Gasteiger partial charge < -0.3 is 5.32 Å². The van der Waals surface area contributed by atoms with Crippen molar-refractivity contribution in [1.29, 1.82) is 0 Å². The van der Waals surface area contributed by atoms with Gasteiger partial charge in [0.25, 0.3) is 0 Å². The number of fused-ring (bicyclic) bond motifs is 1. The molecule has 1 aliphatic carbocycles. The minimum absolute atomic E-state index is 0.0214. The second-order valence-electron chi connectivity index (χ2n) is 4.29. The van der Waals surface area contributed by atoms with E-state index in [0.29, 0.717) is 21.5 Å². The van der Waals surface area contributed by atoms with Crippen LogP contribution < -0.4 is 5.32 Å². The molecule has 1 amide bonds. The van der Waals surface area contributed by atoms with E-state index in [1.54, 1.807) is 18.3 Å². The zero-order chi connectivity index (χ0) is 12.7. The van der Waals surface area contributed by atoms with E-state index in [1.165, 1.54) is 0 Å². The lowest BCUT2D eigenvalue weighted by atomic mass is 10.2. The Morgan fingerprint density at radius 1 is 1.33 bits per heavy atom. The third-order valence-electron chi connectivity index (χ3n) is 2.84. The molecule has 2 heterocycles. The quantitative estimate of drug-likeness (QED) is 0.860. The van der Waals surface area contributed by atoms with E-state index in [9.17, 15) is 4.79 Å². The van der Waals surface area contributed by atoms with Crippen molar-refractivity contribution in [3.63, 3.8) is 0 Å². The van der Waals surface area contributed by atoms with Gasteiger partial charge in [-0.2, -0.15) is 0 Å². The summed E-state index contributed by atoms with van der Waals surface area (Å²) in [4.78, 5) is 19.7. The summed E-state index contributed by atoms with van der Waals surface area (Å²) in [5.74, 6) is 0.679. The van der Waals surface area contributed by atoms with Crippen LogP contribution in [0.25, 0.3) is 10.8 Å². The number of nitrogens with one attached hydrogen (secondary N) is 1. The molecule has 0 aromatic carbocycles. The fourth-order valence-corrected chi connectivity index (χ4v) is 2.21. The minimum atomic E-state index is 0.0214. The molecular weight excluding hydrogens is 273 g/mol. The molecule has 2 aromatic rings. The van der Waals surface area contributed by atoms with Crippen LogP contribution in [0.3, 0.4) is 0 Å². The largest absolute Gasteiger partial charge is 0.310 e. The van der Waals surface area contributed by atoms with Gasteiger partial charge in [0, 0.05) is 17.5 Å². The summed E-state index contributed by atoms with van der Waals surface area (Å²) in [7, 11) is 0. The summed E-state index contributed by atoms with van der Waals surface area (Å²) in [6.45, 7) is 0. The van der Waals surface area contributed by atoms with Crippen LogP contribution in [0.15, 0.2) is 18.3 Å². The smallest absolute Gasteiger partial charge is 0.228 e. The van der Waals surface area contributed by atoms with Crippen molar-refractivity contribution in [3.05, 3.63) is 28.6 Å². The molecule has 1 saturated carbocycles. The molecule has 0 spiro atoms. The third-order valence-corrected chi connectivity index (χ3v) is 3.32. The Hall–Kier alpha value is -1.39. The van der Waals surface area contributed by atoms with Crippen molar-refractivity contribution in [2.45, 2.75) is 12.8 Å². The molecule has 0 atom stereocenters. The number of hydrogen-bond donors (Lipinski definition) is 1. The van der Waals surface area contributed by atoms with Crippen molar-refractivity contribution in [3.8, 4) is 0 Å².